The Labute approximate surface area is 356 Å². The molecule has 0 spiro atoms. The molecule has 4 aliphatic rings. The van der Waals surface area contributed by atoms with Gasteiger partial charge in [-0.05, 0) is 86.3 Å². The Morgan fingerprint density at radius 1 is 0.983 bits per heavy atom. The number of benzene rings is 3. The number of likely N-dealkylation sites (N-methyl/N-ethyl adjacent to an activating group) is 1. The topological polar surface area (TPSA) is 141 Å². The molecule has 1 unspecified atom stereocenters. The third-order valence-electron chi connectivity index (χ3n) is 11.2. The van der Waals surface area contributed by atoms with Gasteiger partial charge in [-0.1, -0.05) is 29.8 Å². The van der Waals surface area contributed by atoms with Gasteiger partial charge in [0.2, 0.25) is 12.0 Å². The average Bonchev–Trinajstić information content (AvgIpc) is 4.04. The van der Waals surface area contributed by atoms with Gasteiger partial charge in [-0.25, -0.2) is 24.7 Å². The molecule has 0 amide bonds. The number of nitrogens with zero attached hydrogens (tertiary/aromatic N) is 6. The Hall–Kier alpha value is -5.54. The van der Waals surface area contributed by atoms with Crippen molar-refractivity contribution in [2.75, 3.05) is 53.5 Å². The van der Waals surface area contributed by atoms with Crippen LogP contribution in [0.25, 0.3) is 32.7 Å². The Morgan fingerprint density at radius 2 is 1.82 bits per heavy atom. The van der Waals surface area contributed by atoms with Crippen LogP contribution in [0.2, 0.25) is 5.02 Å². The summed E-state index contributed by atoms with van der Waals surface area (Å²) in [5.74, 6) is 2.09. The van der Waals surface area contributed by atoms with Crippen molar-refractivity contribution in [3.8, 4) is 51.4 Å². The van der Waals surface area contributed by atoms with Crippen LogP contribution in [0, 0.1) is 6.92 Å². The minimum absolute atomic E-state index is 0.0566. The molecule has 6 aromatic rings. The van der Waals surface area contributed by atoms with Gasteiger partial charge < -0.3 is 33.7 Å². The predicted molar refractivity (Wildman–Crippen MR) is 229 cm³/mol. The molecular formula is C45H45ClN6O7S. The Balaban J connectivity index is 1.10. The van der Waals surface area contributed by atoms with Gasteiger partial charge in [0.1, 0.15) is 53.5 Å². The standard InChI is InChI=1S/C45H45ClN6O7S/c1-26-32-11-13-36(40(26)46)58-31(22-52-18-16-51(2)17-19-52)24-56-30-10-12-34(57-23-29-14-15-47-42(50-29)33-6-4-5-7-35(33)55-3)28(20-30)21-37(45(53)54)59-43-39-38(32)41(27-8-9-27)60-44(39)49-25-48-43/h4-7,10-15,20,25,27,31,37H,8-9,16-19,21-24H2,1-3H3,(H,53,54)/t31-,37?/m1/s1. The lowest BCUT2D eigenvalue weighted by molar-refractivity contribution is -0.145. The maximum absolute atomic E-state index is 13.1. The lowest BCUT2D eigenvalue weighted by Crippen LogP contribution is -2.49. The molecule has 1 saturated carbocycles. The Morgan fingerprint density at radius 3 is 2.62 bits per heavy atom. The molecule has 13 nitrogen and oxygen atoms in total. The zero-order chi connectivity index (χ0) is 41.3. The normalized spacial score (nSPS) is 18.6. The van der Waals surface area contributed by atoms with Gasteiger partial charge in [0.05, 0.1) is 28.8 Å². The summed E-state index contributed by atoms with van der Waals surface area (Å²) in [5, 5.41) is 11.9. The molecule has 60 heavy (non-hydrogen) atoms. The summed E-state index contributed by atoms with van der Waals surface area (Å²) in [6.45, 7) is 6.65. The molecule has 2 fully saturated rings. The Kier molecular flexibility index (Phi) is 11.4. The fourth-order valence-corrected chi connectivity index (χ4v) is 9.32. The summed E-state index contributed by atoms with van der Waals surface area (Å²) in [4.78, 5) is 38.2. The van der Waals surface area contributed by atoms with Crippen molar-refractivity contribution in [1.29, 1.82) is 0 Å². The number of aromatic nitrogens is 4. The van der Waals surface area contributed by atoms with Crippen molar-refractivity contribution >= 4 is 39.1 Å². The number of aliphatic carboxylic acids is 1. The van der Waals surface area contributed by atoms with Gasteiger partial charge in [0.15, 0.2) is 5.82 Å². The number of halogens is 1. The van der Waals surface area contributed by atoms with Crippen LogP contribution in [-0.4, -0.2) is 107 Å². The number of piperazine rings is 1. The highest BCUT2D eigenvalue weighted by Crippen LogP contribution is 2.54. The maximum Gasteiger partial charge on any atom is 0.345 e. The highest BCUT2D eigenvalue weighted by atomic mass is 35.5. The number of carboxylic acid groups (broad SMARTS) is 1. The van der Waals surface area contributed by atoms with Crippen LogP contribution in [0.4, 0.5) is 0 Å². The molecule has 10 rings (SSSR count). The molecule has 1 saturated heterocycles. The summed E-state index contributed by atoms with van der Waals surface area (Å²) in [6, 6.07) is 18.7. The highest BCUT2D eigenvalue weighted by Gasteiger charge is 2.34. The monoisotopic (exact) mass is 848 g/mol. The van der Waals surface area contributed by atoms with Crippen LogP contribution in [0.5, 0.6) is 28.9 Å². The molecule has 2 atom stereocenters. The van der Waals surface area contributed by atoms with Gasteiger partial charge in [-0.15, -0.1) is 11.3 Å². The first kappa shape index (κ1) is 39.9. The maximum atomic E-state index is 13.1. The number of ether oxygens (including phenoxy) is 5. The van der Waals surface area contributed by atoms with E-state index in [1.165, 1.54) is 6.33 Å². The van der Waals surface area contributed by atoms with Crippen molar-refractivity contribution in [3.63, 3.8) is 0 Å². The number of para-hydroxylation sites is 1. The van der Waals surface area contributed by atoms with E-state index in [-0.39, 0.29) is 31.6 Å². The predicted octanol–water partition coefficient (Wildman–Crippen LogP) is 7.70. The van der Waals surface area contributed by atoms with E-state index in [1.54, 1.807) is 36.8 Å². The van der Waals surface area contributed by atoms with Gasteiger partial charge >= 0.3 is 5.97 Å². The van der Waals surface area contributed by atoms with Gasteiger partial charge in [0.25, 0.3) is 0 Å². The van der Waals surface area contributed by atoms with Crippen molar-refractivity contribution in [2.24, 2.45) is 0 Å². The second kappa shape index (κ2) is 17.2. The zero-order valence-electron chi connectivity index (χ0n) is 33.6. The molecule has 3 aromatic carbocycles. The van der Waals surface area contributed by atoms with E-state index >= 15 is 0 Å². The van der Waals surface area contributed by atoms with E-state index in [2.05, 4.69) is 31.8 Å². The first-order chi connectivity index (χ1) is 29.2. The molecule has 3 aromatic heterocycles. The van der Waals surface area contributed by atoms with Crippen LogP contribution >= 0.6 is 22.9 Å². The van der Waals surface area contributed by atoms with Crippen molar-refractivity contribution in [2.45, 2.75) is 50.9 Å². The fourth-order valence-electron chi connectivity index (χ4n) is 7.79. The van der Waals surface area contributed by atoms with Crippen LogP contribution < -0.4 is 23.7 Å². The minimum Gasteiger partial charge on any atom is -0.496 e. The van der Waals surface area contributed by atoms with Crippen LogP contribution in [0.1, 0.15) is 40.5 Å². The van der Waals surface area contributed by atoms with Crippen LogP contribution in [-0.2, 0) is 17.8 Å². The molecule has 1 aliphatic carbocycles. The van der Waals surface area contributed by atoms with Gasteiger partial charge in [0, 0.05) is 61.3 Å². The summed E-state index contributed by atoms with van der Waals surface area (Å²) in [6.07, 6.45) is 3.44. The number of fused-ring (bicyclic) bond motifs is 7. The van der Waals surface area contributed by atoms with E-state index in [4.69, 9.17) is 40.3 Å². The second-order valence-electron chi connectivity index (χ2n) is 15.5. The molecular weight excluding hydrogens is 804 g/mol. The van der Waals surface area contributed by atoms with Crippen molar-refractivity contribution < 1.29 is 33.6 Å². The summed E-state index contributed by atoms with van der Waals surface area (Å²) >= 11 is 8.80. The first-order valence-electron chi connectivity index (χ1n) is 20.1. The summed E-state index contributed by atoms with van der Waals surface area (Å²) in [7, 11) is 3.74. The third kappa shape index (κ3) is 8.42. The SMILES string of the molecule is COc1ccccc1-c1nccc(COc2ccc3cc2CC(C(=O)O)Oc2ncnc4sc(C5CC5)c(c24)-c2ccc(c(Cl)c2C)O[C@H](CN2CCN(C)CC2)CO3)n1. The number of carboxylic acids is 1. The van der Waals surface area contributed by atoms with Crippen molar-refractivity contribution in [3.05, 3.63) is 99.9 Å². The molecule has 4 bridgehead atoms. The number of hydrogen-bond acceptors (Lipinski definition) is 13. The van der Waals surface area contributed by atoms with E-state index in [0.717, 1.165) is 71.0 Å². The van der Waals surface area contributed by atoms with Gasteiger partial charge in [-0.3, -0.25) is 4.90 Å². The number of methoxy groups -OCH3 is 1. The van der Waals surface area contributed by atoms with E-state index in [1.807, 2.05) is 55.5 Å². The van der Waals surface area contributed by atoms with E-state index in [0.29, 0.717) is 63.0 Å². The first-order valence-corrected chi connectivity index (χ1v) is 21.3. The van der Waals surface area contributed by atoms with Crippen molar-refractivity contribution in [1.82, 2.24) is 29.7 Å². The number of thiophene rings is 1. The molecule has 15 heteroatoms. The Bertz CT molecular complexity index is 2540. The van der Waals surface area contributed by atoms with Crippen LogP contribution in [0.15, 0.2) is 73.2 Å². The largest absolute Gasteiger partial charge is 0.496 e. The average molecular weight is 849 g/mol. The lowest BCUT2D eigenvalue weighted by Gasteiger charge is -2.34. The van der Waals surface area contributed by atoms with Crippen LogP contribution in [0.3, 0.4) is 0 Å². The summed E-state index contributed by atoms with van der Waals surface area (Å²) < 4.78 is 31.7. The molecule has 6 heterocycles. The molecule has 310 valence electrons. The molecule has 3 aliphatic heterocycles. The number of rotatable bonds is 9. The second-order valence-corrected chi connectivity index (χ2v) is 16.9. The zero-order valence-corrected chi connectivity index (χ0v) is 35.2. The summed E-state index contributed by atoms with van der Waals surface area (Å²) in [5.41, 5.74) is 4.62. The number of carbonyl (C=O) groups is 1. The smallest absolute Gasteiger partial charge is 0.345 e. The molecule has 0 radical (unpaired) electrons. The quantitative estimate of drug-likeness (QED) is 0.152. The molecule has 1 N–H and O–H groups in total. The number of hydrogen-bond donors (Lipinski definition) is 1. The van der Waals surface area contributed by atoms with E-state index in [9.17, 15) is 9.90 Å². The third-order valence-corrected chi connectivity index (χ3v) is 13.0. The highest BCUT2D eigenvalue weighted by molar-refractivity contribution is 7.19. The van der Waals surface area contributed by atoms with E-state index < -0.39 is 12.1 Å². The fraction of sp³-hybridized carbons (Fsp3) is 0.356. The van der Waals surface area contributed by atoms with Gasteiger partial charge in [-0.2, -0.15) is 0 Å². The minimum atomic E-state index is -1.34. The lowest BCUT2D eigenvalue weighted by atomic mass is 9.97.